The van der Waals surface area contributed by atoms with Gasteiger partial charge < -0.3 is 4.90 Å². The Hall–Kier alpha value is -3.22. The fourth-order valence-corrected chi connectivity index (χ4v) is 4.45. The van der Waals surface area contributed by atoms with Gasteiger partial charge in [0.2, 0.25) is 5.91 Å². The molecule has 0 atom stereocenters. The maximum atomic E-state index is 13.1. The van der Waals surface area contributed by atoms with Crippen LogP contribution in [0.3, 0.4) is 0 Å². The van der Waals surface area contributed by atoms with Gasteiger partial charge in [-0.3, -0.25) is 9.59 Å². The molecule has 1 aromatic carbocycles. The Morgan fingerprint density at radius 2 is 1.80 bits per heavy atom. The van der Waals surface area contributed by atoms with Gasteiger partial charge in [0, 0.05) is 30.8 Å². The predicted octanol–water partition coefficient (Wildman–Crippen LogP) is 2.24. The molecule has 1 amide bonds. The third kappa shape index (κ3) is 3.14. The summed E-state index contributed by atoms with van der Waals surface area (Å²) < 4.78 is 3.25. The summed E-state index contributed by atoms with van der Waals surface area (Å²) in [4.78, 5) is 27.3. The van der Waals surface area contributed by atoms with Crippen molar-refractivity contribution >= 4 is 5.91 Å². The average molecular weight is 403 g/mol. The summed E-state index contributed by atoms with van der Waals surface area (Å²) >= 11 is 0. The number of nitrogens with zero attached hydrogens (tertiary/aromatic N) is 5. The summed E-state index contributed by atoms with van der Waals surface area (Å²) in [7, 11) is 0. The zero-order chi connectivity index (χ0) is 20.9. The van der Waals surface area contributed by atoms with Gasteiger partial charge in [-0.1, -0.05) is 30.3 Å². The van der Waals surface area contributed by atoms with E-state index in [1.165, 1.54) is 10.7 Å². The lowest BCUT2D eigenvalue weighted by Gasteiger charge is -2.41. The molecule has 0 radical (unpaired) electrons. The molecule has 7 nitrogen and oxygen atoms in total. The molecule has 1 saturated carbocycles. The SMILES string of the molecule is Cc1cc(C)n(-c2ccc(=O)n(CC3CN(C(=O)C4(c5ccccc5)CC4)C3)n2)n1. The van der Waals surface area contributed by atoms with Crippen molar-refractivity contribution in [3.63, 3.8) is 0 Å². The number of carbonyl (C=O) groups excluding carboxylic acids is 1. The molecule has 3 aromatic rings. The summed E-state index contributed by atoms with van der Waals surface area (Å²) in [5, 5.41) is 8.97. The molecule has 154 valence electrons. The molecule has 0 spiro atoms. The molecule has 2 aromatic heterocycles. The Balaban J connectivity index is 1.27. The number of hydrogen-bond acceptors (Lipinski definition) is 4. The zero-order valence-electron chi connectivity index (χ0n) is 17.3. The molecular weight excluding hydrogens is 378 g/mol. The smallest absolute Gasteiger partial charge is 0.266 e. The van der Waals surface area contributed by atoms with E-state index in [1.807, 2.05) is 43.0 Å². The van der Waals surface area contributed by atoms with Crippen molar-refractivity contribution in [2.24, 2.45) is 5.92 Å². The van der Waals surface area contributed by atoms with Crippen molar-refractivity contribution in [2.45, 2.75) is 38.6 Å². The summed E-state index contributed by atoms with van der Waals surface area (Å²) in [6.07, 6.45) is 1.84. The Morgan fingerprint density at radius 1 is 1.07 bits per heavy atom. The highest BCUT2D eigenvalue weighted by molar-refractivity contribution is 5.91. The van der Waals surface area contributed by atoms with Crippen LogP contribution in [0.5, 0.6) is 0 Å². The normalized spacial score (nSPS) is 17.6. The minimum atomic E-state index is -0.323. The minimum Gasteiger partial charge on any atom is -0.341 e. The number of benzene rings is 1. The van der Waals surface area contributed by atoms with Crippen LogP contribution in [-0.2, 0) is 16.8 Å². The fourth-order valence-electron chi connectivity index (χ4n) is 4.45. The maximum Gasteiger partial charge on any atom is 0.266 e. The third-order valence-electron chi connectivity index (χ3n) is 6.24. The Labute approximate surface area is 174 Å². The topological polar surface area (TPSA) is 73.0 Å². The number of likely N-dealkylation sites (tertiary alicyclic amines) is 1. The first-order valence-electron chi connectivity index (χ1n) is 10.4. The van der Waals surface area contributed by atoms with Crippen LogP contribution in [0.1, 0.15) is 29.8 Å². The van der Waals surface area contributed by atoms with Gasteiger partial charge in [0.15, 0.2) is 5.82 Å². The van der Waals surface area contributed by atoms with Crippen molar-refractivity contribution in [1.82, 2.24) is 24.5 Å². The van der Waals surface area contributed by atoms with E-state index in [1.54, 1.807) is 10.7 Å². The number of rotatable bonds is 5. The minimum absolute atomic E-state index is 0.131. The number of aryl methyl sites for hydroxylation is 2. The molecule has 0 N–H and O–H groups in total. The van der Waals surface area contributed by atoms with Crippen LogP contribution in [0, 0.1) is 19.8 Å². The zero-order valence-corrected chi connectivity index (χ0v) is 17.3. The third-order valence-corrected chi connectivity index (χ3v) is 6.24. The number of hydrogen-bond donors (Lipinski definition) is 0. The van der Waals surface area contributed by atoms with E-state index in [0.29, 0.717) is 25.5 Å². The van der Waals surface area contributed by atoms with Gasteiger partial charge in [0.05, 0.1) is 17.7 Å². The molecule has 7 heteroatoms. The number of aromatic nitrogens is 4. The highest BCUT2D eigenvalue weighted by atomic mass is 16.2. The first-order chi connectivity index (χ1) is 14.5. The second-order valence-corrected chi connectivity index (χ2v) is 8.58. The molecular formula is C23H25N5O2. The number of amides is 1. The van der Waals surface area contributed by atoms with Crippen LogP contribution in [0.4, 0.5) is 0 Å². The molecule has 2 fully saturated rings. The van der Waals surface area contributed by atoms with Gasteiger partial charge in [0.1, 0.15) is 0 Å². The lowest BCUT2D eigenvalue weighted by atomic mass is 9.90. The van der Waals surface area contributed by atoms with Crippen molar-refractivity contribution in [1.29, 1.82) is 0 Å². The van der Waals surface area contributed by atoms with Gasteiger partial charge in [0.25, 0.3) is 5.56 Å². The van der Waals surface area contributed by atoms with Crippen molar-refractivity contribution in [2.75, 3.05) is 13.1 Å². The van der Waals surface area contributed by atoms with Crippen LogP contribution in [0.25, 0.3) is 5.82 Å². The molecule has 30 heavy (non-hydrogen) atoms. The van der Waals surface area contributed by atoms with Gasteiger partial charge in [-0.25, -0.2) is 9.36 Å². The van der Waals surface area contributed by atoms with E-state index in [-0.39, 0.29) is 22.8 Å². The van der Waals surface area contributed by atoms with E-state index in [9.17, 15) is 9.59 Å². The van der Waals surface area contributed by atoms with E-state index in [0.717, 1.165) is 29.8 Å². The van der Waals surface area contributed by atoms with Gasteiger partial charge in [-0.2, -0.15) is 5.10 Å². The predicted molar refractivity (Wildman–Crippen MR) is 113 cm³/mol. The summed E-state index contributed by atoms with van der Waals surface area (Å²) in [6.45, 7) is 5.75. The highest BCUT2D eigenvalue weighted by Crippen LogP contribution is 2.50. The maximum absolute atomic E-state index is 13.1. The Morgan fingerprint density at radius 3 is 2.43 bits per heavy atom. The highest BCUT2D eigenvalue weighted by Gasteiger charge is 2.54. The average Bonchev–Trinajstić information content (AvgIpc) is 3.45. The van der Waals surface area contributed by atoms with Crippen molar-refractivity contribution in [3.8, 4) is 5.82 Å². The van der Waals surface area contributed by atoms with Crippen LogP contribution in [0.15, 0.2) is 53.3 Å². The summed E-state index contributed by atoms with van der Waals surface area (Å²) in [6, 6.07) is 15.3. The van der Waals surface area contributed by atoms with Crippen LogP contribution < -0.4 is 5.56 Å². The fraction of sp³-hybridized carbons (Fsp3) is 0.391. The van der Waals surface area contributed by atoms with E-state index in [4.69, 9.17) is 0 Å². The van der Waals surface area contributed by atoms with Crippen molar-refractivity contribution in [3.05, 3.63) is 75.8 Å². The molecule has 1 saturated heterocycles. The first kappa shape index (κ1) is 18.8. The molecule has 0 unspecified atom stereocenters. The van der Waals surface area contributed by atoms with Gasteiger partial charge >= 0.3 is 0 Å². The standard InChI is InChI=1S/C23H25N5O2/c1-16-12-17(2)28(24-16)20-8-9-21(29)27(25-20)15-18-13-26(14-18)22(30)23(10-11-23)19-6-4-3-5-7-19/h3-9,12,18H,10-11,13-15H2,1-2H3. The van der Waals surface area contributed by atoms with Crippen molar-refractivity contribution < 1.29 is 4.79 Å². The molecule has 1 aliphatic heterocycles. The van der Waals surface area contributed by atoms with Gasteiger partial charge in [-0.05, 0) is 44.4 Å². The quantitative estimate of drug-likeness (QED) is 0.655. The largest absolute Gasteiger partial charge is 0.341 e. The first-order valence-corrected chi connectivity index (χ1v) is 10.4. The molecule has 0 bridgehead atoms. The monoisotopic (exact) mass is 403 g/mol. The van der Waals surface area contributed by atoms with E-state index < -0.39 is 0 Å². The van der Waals surface area contributed by atoms with Crippen LogP contribution in [0.2, 0.25) is 0 Å². The number of carbonyl (C=O) groups is 1. The molecule has 2 aliphatic rings. The van der Waals surface area contributed by atoms with Crippen LogP contribution >= 0.6 is 0 Å². The Kier molecular flexibility index (Phi) is 4.34. The van der Waals surface area contributed by atoms with Crippen LogP contribution in [-0.4, -0.2) is 43.5 Å². The second-order valence-electron chi connectivity index (χ2n) is 8.58. The summed E-state index contributed by atoms with van der Waals surface area (Å²) in [5.41, 5.74) is 2.55. The molecule has 1 aliphatic carbocycles. The summed E-state index contributed by atoms with van der Waals surface area (Å²) in [5.74, 6) is 1.09. The Bertz CT molecular complexity index is 1150. The van der Waals surface area contributed by atoms with E-state index >= 15 is 0 Å². The molecule has 3 heterocycles. The second kappa shape index (κ2) is 6.93. The lowest BCUT2D eigenvalue weighted by molar-refractivity contribution is -0.140. The van der Waals surface area contributed by atoms with Gasteiger partial charge in [-0.15, -0.1) is 5.10 Å². The van der Waals surface area contributed by atoms with E-state index in [2.05, 4.69) is 22.3 Å². The molecule has 5 rings (SSSR count). The lowest BCUT2D eigenvalue weighted by Crippen LogP contribution is -2.55.